The third-order valence-corrected chi connectivity index (χ3v) is 3.51. The van der Waals surface area contributed by atoms with Crippen molar-refractivity contribution < 1.29 is 31.1 Å². The van der Waals surface area contributed by atoms with Crippen molar-refractivity contribution in [2.75, 3.05) is 6.54 Å². The van der Waals surface area contributed by atoms with Crippen LogP contribution in [0.3, 0.4) is 0 Å². The maximum absolute atomic E-state index is 12.8. The Morgan fingerprint density at radius 2 is 1.48 bits per heavy atom. The van der Waals surface area contributed by atoms with E-state index in [1.807, 2.05) is 0 Å². The van der Waals surface area contributed by atoms with Gasteiger partial charge in [-0.2, -0.15) is 26.3 Å². The van der Waals surface area contributed by atoms with Crippen LogP contribution < -0.4 is 5.32 Å². The van der Waals surface area contributed by atoms with Crippen molar-refractivity contribution in [3.05, 3.63) is 34.9 Å². The molecular formula is C16H18F6N2O. The molecule has 0 bridgehead atoms. The number of hydrogen-bond acceptors (Lipinski definition) is 2. The highest BCUT2D eigenvalue weighted by molar-refractivity contribution is 5.95. The van der Waals surface area contributed by atoms with Gasteiger partial charge >= 0.3 is 12.4 Å². The van der Waals surface area contributed by atoms with Gasteiger partial charge in [-0.3, -0.25) is 9.79 Å². The molecule has 0 unspecified atom stereocenters. The number of carbonyl (C=O) groups excluding carboxylic acids is 1. The predicted octanol–water partition coefficient (Wildman–Crippen LogP) is 4.57. The second-order valence-corrected chi connectivity index (χ2v) is 6.59. The average Bonchev–Trinajstić information content (AvgIpc) is 2.43. The van der Waals surface area contributed by atoms with Crippen molar-refractivity contribution in [3.63, 3.8) is 0 Å². The Hall–Kier alpha value is -2.06. The Kier molecular flexibility index (Phi) is 5.92. The van der Waals surface area contributed by atoms with Crippen LogP contribution in [0.1, 0.15) is 42.3 Å². The van der Waals surface area contributed by atoms with Gasteiger partial charge in [-0.1, -0.05) is 20.8 Å². The summed E-state index contributed by atoms with van der Waals surface area (Å²) in [5, 5.41) is 2.42. The summed E-state index contributed by atoms with van der Waals surface area (Å²) in [5.74, 6) is -1.04. The number of benzene rings is 1. The lowest BCUT2D eigenvalue weighted by Crippen LogP contribution is -2.45. The zero-order chi connectivity index (χ0) is 19.6. The molecule has 0 saturated heterocycles. The molecule has 9 heteroatoms. The van der Waals surface area contributed by atoms with Gasteiger partial charge in [-0.05, 0) is 30.3 Å². The number of nitrogens with one attached hydrogen (secondary N) is 1. The first kappa shape index (κ1) is 21.0. The maximum atomic E-state index is 12.8. The van der Waals surface area contributed by atoms with Crippen LogP contribution in [0.15, 0.2) is 23.2 Å². The molecule has 0 aliphatic carbocycles. The first-order chi connectivity index (χ1) is 11.2. The molecule has 140 valence electrons. The summed E-state index contributed by atoms with van der Waals surface area (Å²) in [7, 11) is 0. The van der Waals surface area contributed by atoms with Crippen LogP contribution in [0, 0.1) is 5.41 Å². The molecule has 0 radical (unpaired) electrons. The Balaban J connectivity index is 3.31. The molecular weight excluding hydrogens is 350 g/mol. The highest BCUT2D eigenvalue weighted by atomic mass is 19.4. The lowest BCUT2D eigenvalue weighted by Gasteiger charge is -2.30. The molecule has 25 heavy (non-hydrogen) atoms. The molecule has 0 aromatic heterocycles. The predicted molar refractivity (Wildman–Crippen MR) is 81.6 cm³/mol. The van der Waals surface area contributed by atoms with Crippen LogP contribution >= 0.6 is 0 Å². The van der Waals surface area contributed by atoms with Crippen LogP contribution in [0.2, 0.25) is 0 Å². The van der Waals surface area contributed by atoms with E-state index in [2.05, 4.69) is 17.0 Å². The van der Waals surface area contributed by atoms with Gasteiger partial charge in [0.25, 0.3) is 5.91 Å². The number of amides is 1. The number of aliphatic imine (C=N–C) groups is 1. The monoisotopic (exact) mass is 368 g/mol. The summed E-state index contributed by atoms with van der Waals surface area (Å²) in [4.78, 5) is 15.9. The fourth-order valence-electron chi connectivity index (χ4n) is 1.99. The number of nitrogens with zero attached hydrogens (tertiary/aromatic N) is 1. The Morgan fingerprint density at radius 3 is 1.80 bits per heavy atom. The summed E-state index contributed by atoms with van der Waals surface area (Å²) in [6, 6.07) is 0.155. The second kappa shape index (κ2) is 7.05. The second-order valence-electron chi connectivity index (χ2n) is 6.59. The van der Waals surface area contributed by atoms with Crippen molar-refractivity contribution in [2.24, 2.45) is 10.4 Å². The Bertz CT molecular complexity index is 611. The minimum atomic E-state index is -5.01. The van der Waals surface area contributed by atoms with E-state index >= 15 is 0 Å². The van der Waals surface area contributed by atoms with E-state index in [4.69, 9.17) is 0 Å². The van der Waals surface area contributed by atoms with Crippen LogP contribution in [0.25, 0.3) is 0 Å². The number of halogens is 6. The van der Waals surface area contributed by atoms with Gasteiger partial charge in [0.15, 0.2) is 0 Å². The first-order valence-electron chi connectivity index (χ1n) is 7.19. The summed E-state index contributed by atoms with van der Waals surface area (Å²) in [6.45, 7) is 8.60. The lowest BCUT2D eigenvalue weighted by atomic mass is 9.86. The molecule has 0 spiro atoms. The zero-order valence-corrected chi connectivity index (χ0v) is 13.8. The number of carbonyl (C=O) groups is 1. The highest BCUT2D eigenvalue weighted by Gasteiger charge is 2.38. The van der Waals surface area contributed by atoms with Crippen molar-refractivity contribution in [2.45, 2.75) is 39.2 Å². The fourth-order valence-corrected chi connectivity index (χ4v) is 1.99. The van der Waals surface area contributed by atoms with Gasteiger partial charge in [-0.15, -0.1) is 0 Å². The van der Waals surface area contributed by atoms with Crippen molar-refractivity contribution in [1.29, 1.82) is 0 Å². The standard InChI is InChI=1S/C16H18F6N2O/c1-14(2,3)12(8-23-4)24-13(25)9-5-10(15(17,18)19)7-11(6-9)16(20,21)22/h5-7,12H,4,8H2,1-3H3,(H,24,25)/t12-/m1/s1. The van der Waals surface area contributed by atoms with E-state index in [-0.39, 0.29) is 12.6 Å². The Labute approximate surface area is 141 Å². The number of alkyl halides is 6. The molecule has 0 heterocycles. The zero-order valence-electron chi connectivity index (χ0n) is 13.8. The third kappa shape index (κ3) is 5.75. The van der Waals surface area contributed by atoms with Crippen molar-refractivity contribution >= 4 is 12.6 Å². The quantitative estimate of drug-likeness (QED) is 0.614. The first-order valence-corrected chi connectivity index (χ1v) is 7.19. The largest absolute Gasteiger partial charge is 0.416 e. The van der Waals surface area contributed by atoms with E-state index in [9.17, 15) is 31.1 Å². The molecule has 1 rings (SSSR count). The maximum Gasteiger partial charge on any atom is 0.416 e. The van der Waals surface area contributed by atoms with E-state index in [0.717, 1.165) is 0 Å². The van der Waals surface area contributed by atoms with Crippen molar-refractivity contribution in [3.8, 4) is 0 Å². The van der Waals surface area contributed by atoms with Crippen LogP contribution in [0.4, 0.5) is 26.3 Å². The van der Waals surface area contributed by atoms with Crippen LogP contribution in [-0.2, 0) is 12.4 Å². The molecule has 1 N–H and O–H groups in total. The molecule has 0 aliphatic heterocycles. The highest BCUT2D eigenvalue weighted by Crippen LogP contribution is 2.36. The molecule has 0 aliphatic rings. The van der Waals surface area contributed by atoms with Gasteiger partial charge in [0.05, 0.1) is 23.7 Å². The summed E-state index contributed by atoms with van der Waals surface area (Å²) < 4.78 is 77.1. The normalized spacial score (nSPS) is 14.1. The summed E-state index contributed by atoms with van der Waals surface area (Å²) in [5.41, 5.74) is -4.32. The van der Waals surface area contributed by atoms with E-state index in [1.54, 1.807) is 20.8 Å². The van der Waals surface area contributed by atoms with Crippen LogP contribution in [-0.4, -0.2) is 25.2 Å². The Morgan fingerprint density at radius 1 is 1.04 bits per heavy atom. The lowest BCUT2D eigenvalue weighted by molar-refractivity contribution is -0.143. The van der Waals surface area contributed by atoms with Gasteiger partial charge in [0.1, 0.15) is 0 Å². The SMILES string of the molecule is C=NC[C@@H](NC(=O)c1cc(C(F)(F)F)cc(C(F)(F)F)c1)C(C)(C)C. The molecule has 1 atom stereocenters. The van der Waals surface area contributed by atoms with Crippen molar-refractivity contribution in [1.82, 2.24) is 5.32 Å². The third-order valence-electron chi connectivity index (χ3n) is 3.51. The van der Waals surface area contributed by atoms with Gasteiger partial charge in [0.2, 0.25) is 0 Å². The van der Waals surface area contributed by atoms with E-state index in [0.29, 0.717) is 12.1 Å². The van der Waals surface area contributed by atoms with E-state index < -0.39 is 46.4 Å². The number of rotatable bonds is 4. The van der Waals surface area contributed by atoms with Gasteiger partial charge in [-0.25, -0.2) is 0 Å². The molecule has 0 fully saturated rings. The minimum absolute atomic E-state index is 0.0245. The average molecular weight is 368 g/mol. The molecule has 3 nitrogen and oxygen atoms in total. The minimum Gasteiger partial charge on any atom is -0.347 e. The topological polar surface area (TPSA) is 41.5 Å². The smallest absolute Gasteiger partial charge is 0.347 e. The van der Waals surface area contributed by atoms with E-state index in [1.165, 1.54) is 0 Å². The fraction of sp³-hybridized carbons (Fsp3) is 0.500. The van der Waals surface area contributed by atoms with Gasteiger partial charge in [0, 0.05) is 5.56 Å². The summed E-state index contributed by atoms with van der Waals surface area (Å²) in [6.07, 6.45) is -10.0. The molecule has 0 saturated carbocycles. The van der Waals surface area contributed by atoms with Gasteiger partial charge < -0.3 is 5.32 Å². The van der Waals surface area contributed by atoms with Crippen LogP contribution in [0.5, 0.6) is 0 Å². The number of hydrogen-bond donors (Lipinski definition) is 1. The molecule has 1 aromatic carbocycles. The molecule has 1 aromatic rings. The summed E-state index contributed by atoms with van der Waals surface area (Å²) >= 11 is 0. The molecule has 1 amide bonds.